The summed E-state index contributed by atoms with van der Waals surface area (Å²) in [5, 5.41) is 0. The molecule has 0 N–H and O–H groups in total. The Morgan fingerprint density at radius 1 is 1.15 bits per heavy atom. The van der Waals surface area contributed by atoms with Crippen LogP contribution in [0.4, 0.5) is 4.79 Å². The first kappa shape index (κ1) is 25.2. The summed E-state index contributed by atoms with van der Waals surface area (Å²) in [5.74, 6) is 0.479. The highest BCUT2D eigenvalue weighted by Crippen LogP contribution is 2.27. The van der Waals surface area contributed by atoms with E-state index in [0.29, 0.717) is 43.3 Å². The molecule has 26 heavy (non-hydrogen) atoms. The molecule has 0 aromatic heterocycles. The number of nitrogens with zero attached hydrogens (tertiary/aromatic N) is 1. The molecule has 0 aliphatic carbocycles. The maximum Gasteiger partial charge on any atom is 0.410 e. The molecule has 0 aromatic rings. The zero-order valence-electron chi connectivity index (χ0n) is 16.9. The molecule has 2 atom stereocenters. The number of ether oxygens (including phenoxy) is 2. The van der Waals surface area contributed by atoms with E-state index in [1.807, 2.05) is 20.8 Å². The number of rotatable bonds is 12. The second-order valence-corrected chi connectivity index (χ2v) is 8.04. The van der Waals surface area contributed by atoms with Gasteiger partial charge in [-0.25, -0.2) is 4.79 Å². The van der Waals surface area contributed by atoms with Crippen LogP contribution in [-0.2, 0) is 14.3 Å². The molecule has 0 heterocycles. The lowest BCUT2D eigenvalue weighted by molar-refractivity contribution is -0.147. The first-order valence-corrected chi connectivity index (χ1v) is 9.97. The van der Waals surface area contributed by atoms with Gasteiger partial charge in [0.25, 0.3) is 0 Å². The molecule has 0 saturated heterocycles. The Hall–Kier alpha value is -0.780. The Kier molecular flexibility index (Phi) is 10.8. The molecule has 0 aliphatic heterocycles. The molecule has 5 nitrogen and oxygen atoms in total. The topological polar surface area (TPSA) is 55.8 Å². The summed E-state index contributed by atoms with van der Waals surface area (Å²) in [6, 6.07) is 0. The van der Waals surface area contributed by atoms with Crippen LogP contribution in [0.25, 0.3) is 0 Å². The minimum atomic E-state index is -0.979. The number of amides is 1. The van der Waals surface area contributed by atoms with E-state index in [4.69, 9.17) is 32.7 Å². The van der Waals surface area contributed by atoms with Gasteiger partial charge in [-0.1, -0.05) is 13.5 Å². The van der Waals surface area contributed by atoms with E-state index in [0.717, 1.165) is 0 Å². The van der Waals surface area contributed by atoms with Crippen LogP contribution in [0.1, 0.15) is 54.4 Å². The Bertz CT molecular complexity index is 490. The van der Waals surface area contributed by atoms with Crippen LogP contribution in [0.15, 0.2) is 12.2 Å². The van der Waals surface area contributed by atoms with Crippen molar-refractivity contribution in [2.45, 2.75) is 71.7 Å². The van der Waals surface area contributed by atoms with Gasteiger partial charge in [-0.3, -0.25) is 4.79 Å². The maximum atomic E-state index is 12.4. The predicted molar refractivity (Wildman–Crippen MR) is 107 cm³/mol. The first-order valence-electron chi connectivity index (χ1n) is 8.90. The van der Waals surface area contributed by atoms with Gasteiger partial charge in [-0.2, -0.15) is 0 Å². The molecule has 0 aliphatic rings. The van der Waals surface area contributed by atoms with E-state index < -0.39 is 17.3 Å². The molecule has 0 aromatic carbocycles. The van der Waals surface area contributed by atoms with Gasteiger partial charge in [-0.15, -0.1) is 23.2 Å². The predicted octanol–water partition coefficient (Wildman–Crippen LogP) is 4.79. The standard InChI is InChI=1S/C19H33Cl2NO4/c1-8-19(7,26-17(24)22(11-9-20)12-10-21)13-15(4)25-18(5,6)16(23)14(2)3/h15H,2,8-13H2,1,3-7H3. The molecule has 0 fully saturated rings. The molecule has 152 valence electrons. The number of carbonyl (C=O) groups excluding carboxylic acids is 2. The minimum Gasteiger partial charge on any atom is -0.443 e. The third kappa shape index (κ3) is 8.28. The van der Waals surface area contributed by atoms with Gasteiger partial charge in [0.05, 0.1) is 6.10 Å². The summed E-state index contributed by atoms with van der Waals surface area (Å²) in [6.07, 6.45) is 0.329. The van der Waals surface area contributed by atoms with Crippen molar-refractivity contribution in [1.82, 2.24) is 4.90 Å². The Balaban J connectivity index is 5.00. The minimum absolute atomic E-state index is 0.144. The van der Waals surface area contributed by atoms with Gasteiger partial charge in [-0.05, 0) is 46.6 Å². The van der Waals surface area contributed by atoms with E-state index in [1.54, 1.807) is 20.8 Å². The smallest absolute Gasteiger partial charge is 0.410 e. The van der Waals surface area contributed by atoms with Crippen LogP contribution >= 0.6 is 23.2 Å². The van der Waals surface area contributed by atoms with Crippen molar-refractivity contribution in [1.29, 1.82) is 0 Å². The Morgan fingerprint density at radius 2 is 1.65 bits per heavy atom. The van der Waals surface area contributed by atoms with Gasteiger partial charge in [0.2, 0.25) is 0 Å². The van der Waals surface area contributed by atoms with Crippen molar-refractivity contribution in [3.63, 3.8) is 0 Å². The number of ketones is 1. The number of carbonyl (C=O) groups is 2. The fourth-order valence-electron chi connectivity index (χ4n) is 2.75. The lowest BCUT2D eigenvalue weighted by atomic mass is 9.94. The number of alkyl halides is 2. The van der Waals surface area contributed by atoms with Gasteiger partial charge in [0, 0.05) is 31.3 Å². The van der Waals surface area contributed by atoms with Crippen LogP contribution in [0.2, 0.25) is 0 Å². The van der Waals surface area contributed by atoms with Gasteiger partial charge >= 0.3 is 6.09 Å². The molecule has 7 heteroatoms. The van der Waals surface area contributed by atoms with Crippen LogP contribution in [0, 0.1) is 0 Å². The third-order valence-corrected chi connectivity index (χ3v) is 4.54. The second-order valence-electron chi connectivity index (χ2n) is 7.29. The molecule has 0 spiro atoms. The summed E-state index contributed by atoms with van der Waals surface area (Å²) < 4.78 is 11.7. The van der Waals surface area contributed by atoms with E-state index in [2.05, 4.69) is 6.58 Å². The quantitative estimate of drug-likeness (QED) is 0.343. The number of halogens is 2. The molecular formula is C19H33Cl2NO4. The highest BCUT2D eigenvalue weighted by molar-refractivity contribution is 6.18. The van der Waals surface area contributed by atoms with E-state index in [1.165, 1.54) is 4.90 Å². The highest BCUT2D eigenvalue weighted by Gasteiger charge is 2.36. The third-order valence-electron chi connectivity index (χ3n) is 4.20. The summed E-state index contributed by atoms with van der Waals surface area (Å²) in [6.45, 7) is 15.2. The maximum absolute atomic E-state index is 12.4. The fourth-order valence-corrected chi connectivity index (χ4v) is 3.16. The van der Waals surface area contributed by atoms with Crippen molar-refractivity contribution < 1.29 is 19.1 Å². The number of Topliss-reactive ketones (excluding diaryl/α,β-unsaturated/α-hetero) is 1. The van der Waals surface area contributed by atoms with Crippen molar-refractivity contribution in [3.8, 4) is 0 Å². The zero-order valence-corrected chi connectivity index (χ0v) is 18.4. The average Bonchev–Trinajstić information content (AvgIpc) is 2.52. The number of hydrogen-bond donors (Lipinski definition) is 0. The second kappa shape index (κ2) is 11.2. The summed E-state index contributed by atoms with van der Waals surface area (Å²) in [5.41, 5.74) is -1.26. The van der Waals surface area contributed by atoms with E-state index in [-0.39, 0.29) is 11.9 Å². The molecule has 1 amide bonds. The molecular weight excluding hydrogens is 377 g/mol. The lowest BCUT2D eigenvalue weighted by Crippen LogP contribution is -2.44. The molecule has 0 radical (unpaired) electrons. The molecule has 0 bridgehead atoms. The zero-order chi connectivity index (χ0) is 20.5. The van der Waals surface area contributed by atoms with E-state index >= 15 is 0 Å². The lowest BCUT2D eigenvalue weighted by Gasteiger charge is -2.36. The summed E-state index contributed by atoms with van der Waals surface area (Å²) in [7, 11) is 0. The van der Waals surface area contributed by atoms with Crippen LogP contribution < -0.4 is 0 Å². The summed E-state index contributed by atoms with van der Waals surface area (Å²) in [4.78, 5) is 26.1. The summed E-state index contributed by atoms with van der Waals surface area (Å²) >= 11 is 11.5. The van der Waals surface area contributed by atoms with Gasteiger partial charge in [0.1, 0.15) is 11.2 Å². The average molecular weight is 410 g/mol. The van der Waals surface area contributed by atoms with Crippen molar-refractivity contribution >= 4 is 35.1 Å². The largest absolute Gasteiger partial charge is 0.443 e. The molecule has 2 unspecified atom stereocenters. The van der Waals surface area contributed by atoms with Crippen LogP contribution in [0.5, 0.6) is 0 Å². The van der Waals surface area contributed by atoms with Gasteiger partial charge in [0.15, 0.2) is 5.78 Å². The van der Waals surface area contributed by atoms with Crippen molar-refractivity contribution in [2.24, 2.45) is 0 Å². The number of hydrogen-bond acceptors (Lipinski definition) is 4. The van der Waals surface area contributed by atoms with E-state index in [9.17, 15) is 9.59 Å². The van der Waals surface area contributed by atoms with Crippen LogP contribution in [0.3, 0.4) is 0 Å². The SMILES string of the molecule is C=C(C)C(=O)C(C)(C)OC(C)CC(C)(CC)OC(=O)N(CCCl)CCCl. The molecule has 0 saturated carbocycles. The Labute approximate surface area is 168 Å². The van der Waals surface area contributed by atoms with Gasteiger partial charge < -0.3 is 14.4 Å². The Morgan fingerprint density at radius 3 is 2.04 bits per heavy atom. The van der Waals surface area contributed by atoms with Crippen molar-refractivity contribution in [2.75, 3.05) is 24.8 Å². The van der Waals surface area contributed by atoms with Crippen LogP contribution in [-0.4, -0.2) is 58.9 Å². The monoisotopic (exact) mass is 409 g/mol. The fraction of sp³-hybridized carbons (Fsp3) is 0.789. The highest BCUT2D eigenvalue weighted by atomic mass is 35.5. The van der Waals surface area contributed by atoms with Crippen molar-refractivity contribution in [3.05, 3.63) is 12.2 Å². The first-order chi connectivity index (χ1) is 11.9. The normalized spacial score (nSPS) is 15.1. The molecule has 0 rings (SSSR count).